The van der Waals surface area contributed by atoms with E-state index in [-0.39, 0.29) is 29.5 Å². The SMILES string of the molecule is COc1cc2c(c(OC)c1OC)-c1ccc(NC(C)C(=O)NCCCO)c(=O)cc1C(NC(C)=O)CC2. The Bertz CT molecular complexity index is 1220. The zero-order valence-electron chi connectivity index (χ0n) is 21.9. The topological polar surface area (TPSA) is 135 Å². The van der Waals surface area contributed by atoms with E-state index in [2.05, 4.69) is 16.0 Å². The summed E-state index contributed by atoms with van der Waals surface area (Å²) >= 11 is 0. The molecule has 0 fully saturated rings. The Balaban J connectivity index is 2.18. The van der Waals surface area contributed by atoms with Gasteiger partial charge in [0.1, 0.15) is 6.04 Å². The third-order valence-electron chi connectivity index (χ3n) is 6.32. The number of amides is 2. The molecular weight excluding hydrogens is 478 g/mol. The number of ether oxygens (including phenoxy) is 3. The first-order valence-electron chi connectivity index (χ1n) is 12.2. The van der Waals surface area contributed by atoms with E-state index >= 15 is 0 Å². The van der Waals surface area contributed by atoms with Crippen molar-refractivity contribution >= 4 is 17.5 Å². The van der Waals surface area contributed by atoms with Crippen LogP contribution in [0.4, 0.5) is 5.69 Å². The Labute approximate surface area is 216 Å². The molecule has 0 saturated heterocycles. The van der Waals surface area contributed by atoms with Crippen molar-refractivity contribution in [2.24, 2.45) is 0 Å². The van der Waals surface area contributed by atoms with Crippen molar-refractivity contribution in [3.63, 3.8) is 0 Å². The highest BCUT2D eigenvalue weighted by Crippen LogP contribution is 2.50. The summed E-state index contributed by atoms with van der Waals surface area (Å²) in [6.45, 7) is 3.41. The number of fused-ring (bicyclic) bond motifs is 3. The number of aliphatic hydroxyl groups excluding tert-OH is 1. The molecule has 0 aliphatic heterocycles. The molecule has 2 aromatic rings. The second kappa shape index (κ2) is 12.4. The van der Waals surface area contributed by atoms with Gasteiger partial charge in [0.2, 0.25) is 23.0 Å². The summed E-state index contributed by atoms with van der Waals surface area (Å²) in [7, 11) is 4.62. The van der Waals surface area contributed by atoms with E-state index in [1.54, 1.807) is 33.3 Å². The van der Waals surface area contributed by atoms with Crippen LogP contribution in [-0.4, -0.2) is 57.4 Å². The first kappa shape index (κ1) is 27.8. The largest absolute Gasteiger partial charge is 0.493 e. The van der Waals surface area contributed by atoms with Crippen LogP contribution in [0.25, 0.3) is 11.1 Å². The minimum atomic E-state index is -0.689. The second-order valence-corrected chi connectivity index (χ2v) is 8.83. The van der Waals surface area contributed by atoms with E-state index in [1.165, 1.54) is 20.1 Å². The second-order valence-electron chi connectivity index (χ2n) is 8.83. The number of methoxy groups -OCH3 is 3. The van der Waals surface area contributed by atoms with Gasteiger partial charge in [0.25, 0.3) is 0 Å². The molecule has 2 atom stereocenters. The molecule has 0 radical (unpaired) electrons. The van der Waals surface area contributed by atoms with Gasteiger partial charge >= 0.3 is 0 Å². The maximum atomic E-state index is 13.3. The lowest BCUT2D eigenvalue weighted by Gasteiger charge is -2.19. The van der Waals surface area contributed by atoms with Crippen LogP contribution < -0.4 is 35.6 Å². The minimum Gasteiger partial charge on any atom is -0.493 e. The van der Waals surface area contributed by atoms with Crippen LogP contribution in [-0.2, 0) is 16.0 Å². The molecule has 37 heavy (non-hydrogen) atoms. The molecule has 1 aliphatic carbocycles. The summed E-state index contributed by atoms with van der Waals surface area (Å²) in [6, 6.07) is 5.71. The van der Waals surface area contributed by atoms with Crippen molar-refractivity contribution in [2.45, 2.75) is 45.2 Å². The number of carbonyl (C=O) groups is 2. The molecule has 2 aromatic carbocycles. The quantitative estimate of drug-likeness (QED) is 0.355. The van der Waals surface area contributed by atoms with E-state index in [0.29, 0.717) is 54.2 Å². The zero-order chi connectivity index (χ0) is 27.1. The predicted molar refractivity (Wildman–Crippen MR) is 140 cm³/mol. The van der Waals surface area contributed by atoms with Gasteiger partial charge in [0, 0.05) is 25.6 Å². The van der Waals surface area contributed by atoms with Crippen LogP contribution >= 0.6 is 0 Å². The average Bonchev–Trinajstić information content (AvgIpc) is 3.11. The van der Waals surface area contributed by atoms with Crippen molar-refractivity contribution in [3.8, 4) is 28.4 Å². The number of aryl methyl sites for hydroxylation is 1. The lowest BCUT2D eigenvalue weighted by atomic mass is 9.95. The first-order valence-corrected chi connectivity index (χ1v) is 12.2. The summed E-state index contributed by atoms with van der Waals surface area (Å²) in [5.41, 5.74) is 2.93. The third kappa shape index (κ3) is 6.14. The number of hydrogen-bond acceptors (Lipinski definition) is 8. The van der Waals surface area contributed by atoms with Crippen molar-refractivity contribution in [1.82, 2.24) is 10.6 Å². The molecule has 0 aromatic heterocycles. The van der Waals surface area contributed by atoms with Gasteiger partial charge in [0.15, 0.2) is 11.5 Å². The summed E-state index contributed by atoms with van der Waals surface area (Å²) in [5, 5.41) is 17.6. The summed E-state index contributed by atoms with van der Waals surface area (Å²) in [4.78, 5) is 37.8. The van der Waals surface area contributed by atoms with E-state index in [1.807, 2.05) is 6.07 Å². The van der Waals surface area contributed by atoms with Crippen LogP contribution in [0.15, 0.2) is 29.1 Å². The molecule has 3 rings (SSSR count). The van der Waals surface area contributed by atoms with Gasteiger partial charge in [-0.2, -0.15) is 0 Å². The molecule has 2 unspecified atom stereocenters. The van der Waals surface area contributed by atoms with E-state index in [0.717, 1.165) is 11.1 Å². The minimum absolute atomic E-state index is 0.0239. The van der Waals surface area contributed by atoms with Gasteiger partial charge in [-0.3, -0.25) is 14.4 Å². The Kier molecular flexibility index (Phi) is 9.35. The lowest BCUT2D eigenvalue weighted by Crippen LogP contribution is -2.39. The number of aliphatic hydroxyl groups is 1. The Morgan fingerprint density at radius 2 is 1.84 bits per heavy atom. The summed E-state index contributed by atoms with van der Waals surface area (Å²) in [6.07, 6.45) is 1.59. The van der Waals surface area contributed by atoms with Gasteiger partial charge in [-0.15, -0.1) is 0 Å². The van der Waals surface area contributed by atoms with Crippen LogP contribution in [0.5, 0.6) is 17.2 Å². The highest BCUT2D eigenvalue weighted by molar-refractivity contribution is 5.85. The smallest absolute Gasteiger partial charge is 0.242 e. The van der Waals surface area contributed by atoms with Crippen LogP contribution in [0.3, 0.4) is 0 Å². The molecule has 2 amide bonds. The zero-order valence-corrected chi connectivity index (χ0v) is 21.9. The number of benzene rings is 1. The monoisotopic (exact) mass is 513 g/mol. The van der Waals surface area contributed by atoms with Crippen LogP contribution in [0, 0.1) is 0 Å². The third-order valence-corrected chi connectivity index (χ3v) is 6.32. The first-order chi connectivity index (χ1) is 17.7. The number of anilines is 1. The van der Waals surface area contributed by atoms with Gasteiger partial charge in [-0.25, -0.2) is 0 Å². The van der Waals surface area contributed by atoms with Crippen LogP contribution in [0.1, 0.15) is 43.9 Å². The van der Waals surface area contributed by atoms with Gasteiger partial charge in [-0.1, -0.05) is 6.07 Å². The molecule has 10 nitrogen and oxygen atoms in total. The molecule has 4 N–H and O–H groups in total. The fraction of sp³-hybridized carbons (Fsp3) is 0.444. The van der Waals surface area contributed by atoms with Crippen molar-refractivity contribution in [3.05, 3.63) is 45.6 Å². The molecule has 10 heteroatoms. The van der Waals surface area contributed by atoms with Crippen molar-refractivity contribution < 1.29 is 28.9 Å². The average molecular weight is 514 g/mol. The molecule has 200 valence electrons. The van der Waals surface area contributed by atoms with Crippen LogP contribution in [0.2, 0.25) is 0 Å². The fourth-order valence-corrected chi connectivity index (χ4v) is 4.57. The van der Waals surface area contributed by atoms with Crippen molar-refractivity contribution in [2.75, 3.05) is 39.8 Å². The predicted octanol–water partition coefficient (Wildman–Crippen LogP) is 2.16. The number of hydrogen-bond donors (Lipinski definition) is 4. The van der Waals surface area contributed by atoms with E-state index in [9.17, 15) is 14.4 Å². The Morgan fingerprint density at radius 1 is 1.11 bits per heavy atom. The van der Waals surface area contributed by atoms with E-state index in [4.69, 9.17) is 19.3 Å². The van der Waals surface area contributed by atoms with E-state index < -0.39 is 12.1 Å². The summed E-state index contributed by atoms with van der Waals surface area (Å²) < 4.78 is 16.9. The highest BCUT2D eigenvalue weighted by atomic mass is 16.5. The molecule has 0 bridgehead atoms. The molecule has 0 saturated carbocycles. The molecular formula is C27H35N3O7. The van der Waals surface area contributed by atoms with Crippen molar-refractivity contribution in [1.29, 1.82) is 0 Å². The van der Waals surface area contributed by atoms with Gasteiger partial charge < -0.3 is 35.3 Å². The number of carbonyl (C=O) groups excluding carboxylic acids is 2. The molecule has 0 spiro atoms. The highest BCUT2D eigenvalue weighted by Gasteiger charge is 2.29. The normalized spacial score (nSPS) is 14.8. The summed E-state index contributed by atoms with van der Waals surface area (Å²) in [5.74, 6) is 0.903. The van der Waals surface area contributed by atoms with Gasteiger partial charge in [-0.05, 0) is 61.1 Å². The molecule has 1 aliphatic rings. The number of nitrogens with one attached hydrogen (secondary N) is 3. The molecule has 0 heterocycles. The Morgan fingerprint density at radius 3 is 2.46 bits per heavy atom. The standard InChI is InChI=1S/C27H35N3O7/c1-15(27(34)28-11-6-12-31)29-21-10-8-18-19(14-22(21)33)20(30-16(2)32)9-7-17-13-23(35-3)25(36-4)26(37-5)24(17)18/h8,10,13-15,20,31H,6-7,9,11-12H2,1-5H3,(H,28,34)(H,29,33)(H,30,32). The lowest BCUT2D eigenvalue weighted by molar-refractivity contribution is -0.121. The fourth-order valence-electron chi connectivity index (χ4n) is 4.57. The Hall–Kier alpha value is -3.79. The maximum absolute atomic E-state index is 13.3. The number of rotatable bonds is 10. The van der Waals surface area contributed by atoms with Gasteiger partial charge in [0.05, 0.1) is 33.1 Å². The maximum Gasteiger partial charge on any atom is 0.242 e.